The normalized spacial score (nSPS) is 17.6. The SMILES string of the molecule is COc1ccc(CC2CCN(c3ccc(Br)cc3)C2=O)cc1F. The predicted octanol–water partition coefficient (Wildman–Crippen LogP) is 4.19. The number of carbonyl (C=O) groups is 1. The summed E-state index contributed by atoms with van der Waals surface area (Å²) in [7, 11) is 1.44. The number of anilines is 1. The lowest BCUT2D eigenvalue weighted by atomic mass is 9.98. The number of hydrogen-bond donors (Lipinski definition) is 0. The molecule has 1 unspecified atom stereocenters. The van der Waals surface area contributed by atoms with Crippen LogP contribution in [0.3, 0.4) is 0 Å². The Morgan fingerprint density at radius 1 is 1.26 bits per heavy atom. The van der Waals surface area contributed by atoms with Crippen molar-refractivity contribution in [1.29, 1.82) is 0 Å². The van der Waals surface area contributed by atoms with Gasteiger partial charge in [-0.2, -0.15) is 0 Å². The van der Waals surface area contributed by atoms with Gasteiger partial charge in [0.1, 0.15) is 0 Å². The second-order valence-corrected chi connectivity index (χ2v) is 6.54. The van der Waals surface area contributed by atoms with Gasteiger partial charge >= 0.3 is 0 Å². The molecule has 0 spiro atoms. The molecule has 1 amide bonds. The molecule has 0 aromatic heterocycles. The summed E-state index contributed by atoms with van der Waals surface area (Å²) in [6.07, 6.45) is 1.33. The number of carbonyl (C=O) groups excluding carboxylic acids is 1. The molecule has 0 saturated carbocycles. The van der Waals surface area contributed by atoms with Gasteiger partial charge in [0.05, 0.1) is 7.11 Å². The van der Waals surface area contributed by atoms with Crippen LogP contribution in [-0.2, 0) is 11.2 Å². The van der Waals surface area contributed by atoms with Crippen molar-refractivity contribution in [3.05, 3.63) is 58.3 Å². The maximum atomic E-state index is 13.8. The van der Waals surface area contributed by atoms with E-state index in [0.29, 0.717) is 13.0 Å². The van der Waals surface area contributed by atoms with Crippen molar-refractivity contribution in [2.24, 2.45) is 5.92 Å². The van der Waals surface area contributed by atoms with E-state index in [4.69, 9.17) is 4.74 Å². The van der Waals surface area contributed by atoms with E-state index in [-0.39, 0.29) is 23.4 Å². The average molecular weight is 378 g/mol. The largest absolute Gasteiger partial charge is 0.494 e. The van der Waals surface area contributed by atoms with Crippen molar-refractivity contribution in [3.8, 4) is 5.75 Å². The topological polar surface area (TPSA) is 29.5 Å². The highest BCUT2D eigenvalue weighted by atomic mass is 79.9. The first-order valence-corrected chi connectivity index (χ1v) is 8.27. The van der Waals surface area contributed by atoms with Crippen LogP contribution in [0.4, 0.5) is 10.1 Å². The fraction of sp³-hybridized carbons (Fsp3) is 0.278. The number of ether oxygens (including phenoxy) is 1. The van der Waals surface area contributed by atoms with Gasteiger partial charge in [-0.1, -0.05) is 22.0 Å². The number of nitrogens with zero attached hydrogens (tertiary/aromatic N) is 1. The van der Waals surface area contributed by atoms with Crippen LogP contribution in [0.5, 0.6) is 5.75 Å². The van der Waals surface area contributed by atoms with Gasteiger partial charge in [-0.15, -0.1) is 0 Å². The van der Waals surface area contributed by atoms with Crippen LogP contribution in [-0.4, -0.2) is 19.6 Å². The van der Waals surface area contributed by atoms with Crippen LogP contribution in [0, 0.1) is 11.7 Å². The van der Waals surface area contributed by atoms with Crippen molar-refractivity contribution >= 4 is 27.5 Å². The summed E-state index contributed by atoms with van der Waals surface area (Å²) < 4.78 is 19.7. The molecule has 1 heterocycles. The molecule has 120 valence electrons. The molecule has 0 bridgehead atoms. The molecule has 23 heavy (non-hydrogen) atoms. The van der Waals surface area contributed by atoms with Crippen LogP contribution in [0.2, 0.25) is 0 Å². The number of benzene rings is 2. The number of rotatable bonds is 4. The molecular weight excluding hydrogens is 361 g/mol. The van der Waals surface area contributed by atoms with E-state index < -0.39 is 0 Å². The zero-order valence-electron chi connectivity index (χ0n) is 12.8. The number of halogens is 2. The van der Waals surface area contributed by atoms with E-state index in [9.17, 15) is 9.18 Å². The third-order valence-electron chi connectivity index (χ3n) is 4.15. The minimum atomic E-state index is -0.389. The van der Waals surface area contributed by atoms with Crippen molar-refractivity contribution in [1.82, 2.24) is 0 Å². The third kappa shape index (κ3) is 3.39. The summed E-state index contributed by atoms with van der Waals surface area (Å²) >= 11 is 3.39. The maximum Gasteiger partial charge on any atom is 0.230 e. The first-order valence-electron chi connectivity index (χ1n) is 7.48. The summed E-state index contributed by atoms with van der Waals surface area (Å²) in [4.78, 5) is 14.4. The fourth-order valence-corrected chi connectivity index (χ4v) is 3.19. The number of amides is 1. The molecular formula is C18H17BrFNO2. The highest BCUT2D eigenvalue weighted by molar-refractivity contribution is 9.10. The Morgan fingerprint density at radius 2 is 2.00 bits per heavy atom. The van der Waals surface area contributed by atoms with Crippen molar-refractivity contribution in [2.75, 3.05) is 18.6 Å². The van der Waals surface area contributed by atoms with Crippen LogP contribution in [0.25, 0.3) is 0 Å². The summed E-state index contributed by atoms with van der Waals surface area (Å²) in [6.45, 7) is 0.698. The molecule has 1 aliphatic heterocycles. The van der Waals surface area contributed by atoms with Gasteiger partial charge in [0.25, 0.3) is 0 Å². The summed E-state index contributed by atoms with van der Waals surface area (Å²) in [5.41, 5.74) is 1.72. The van der Waals surface area contributed by atoms with Gasteiger partial charge in [0.15, 0.2) is 11.6 Å². The van der Waals surface area contributed by atoms with E-state index in [1.807, 2.05) is 30.3 Å². The number of methoxy groups -OCH3 is 1. The van der Waals surface area contributed by atoms with E-state index >= 15 is 0 Å². The summed E-state index contributed by atoms with van der Waals surface area (Å²) in [6, 6.07) is 12.6. The van der Waals surface area contributed by atoms with E-state index in [1.165, 1.54) is 13.2 Å². The molecule has 0 radical (unpaired) electrons. The standard InChI is InChI=1S/C18H17BrFNO2/c1-23-17-7-2-12(11-16(17)20)10-13-8-9-21(18(13)22)15-5-3-14(19)4-6-15/h2-7,11,13H,8-10H2,1H3. The quantitative estimate of drug-likeness (QED) is 0.799. The van der Waals surface area contributed by atoms with Gasteiger partial charge in [-0.05, 0) is 54.8 Å². The Bertz CT molecular complexity index is 717. The molecule has 2 aromatic rings. The first-order chi connectivity index (χ1) is 11.1. The van der Waals surface area contributed by atoms with Crippen LogP contribution < -0.4 is 9.64 Å². The van der Waals surface area contributed by atoms with E-state index in [2.05, 4.69) is 15.9 Å². The van der Waals surface area contributed by atoms with Crippen molar-refractivity contribution < 1.29 is 13.9 Å². The Labute approximate surface area is 143 Å². The fourth-order valence-electron chi connectivity index (χ4n) is 2.93. The lowest BCUT2D eigenvalue weighted by Gasteiger charge is -2.17. The monoisotopic (exact) mass is 377 g/mol. The molecule has 3 nitrogen and oxygen atoms in total. The lowest BCUT2D eigenvalue weighted by Crippen LogP contribution is -2.27. The minimum absolute atomic E-state index is 0.101. The van der Waals surface area contributed by atoms with Crippen molar-refractivity contribution in [3.63, 3.8) is 0 Å². The molecule has 3 rings (SSSR count). The lowest BCUT2D eigenvalue weighted by molar-refractivity contribution is -0.120. The Balaban J connectivity index is 1.72. The zero-order chi connectivity index (χ0) is 16.4. The van der Waals surface area contributed by atoms with Gasteiger partial charge < -0.3 is 9.64 Å². The van der Waals surface area contributed by atoms with E-state index in [1.54, 1.807) is 11.0 Å². The predicted molar refractivity (Wildman–Crippen MR) is 91.3 cm³/mol. The molecule has 0 N–H and O–H groups in total. The smallest absolute Gasteiger partial charge is 0.230 e. The Morgan fingerprint density at radius 3 is 2.65 bits per heavy atom. The zero-order valence-corrected chi connectivity index (χ0v) is 14.3. The minimum Gasteiger partial charge on any atom is -0.494 e. The second kappa shape index (κ2) is 6.71. The first kappa shape index (κ1) is 16.0. The van der Waals surface area contributed by atoms with Gasteiger partial charge in [-0.25, -0.2) is 4.39 Å². The molecule has 0 aliphatic carbocycles. The Hall–Kier alpha value is -1.88. The van der Waals surface area contributed by atoms with Gasteiger partial charge in [0, 0.05) is 22.6 Å². The van der Waals surface area contributed by atoms with Gasteiger partial charge in [-0.3, -0.25) is 4.79 Å². The molecule has 1 aliphatic rings. The Kier molecular flexibility index (Phi) is 4.66. The molecule has 2 aromatic carbocycles. The number of hydrogen-bond acceptors (Lipinski definition) is 2. The molecule has 1 atom stereocenters. The van der Waals surface area contributed by atoms with Gasteiger partial charge in [0.2, 0.25) is 5.91 Å². The maximum absolute atomic E-state index is 13.8. The highest BCUT2D eigenvalue weighted by Crippen LogP contribution is 2.29. The van der Waals surface area contributed by atoms with Crippen molar-refractivity contribution in [2.45, 2.75) is 12.8 Å². The third-order valence-corrected chi connectivity index (χ3v) is 4.68. The van der Waals surface area contributed by atoms with E-state index in [0.717, 1.165) is 22.1 Å². The summed E-state index contributed by atoms with van der Waals surface area (Å²) in [5, 5.41) is 0. The molecule has 5 heteroatoms. The molecule has 1 fully saturated rings. The second-order valence-electron chi connectivity index (χ2n) is 5.62. The van der Waals surface area contributed by atoms with Crippen LogP contribution in [0.15, 0.2) is 46.9 Å². The summed E-state index contributed by atoms with van der Waals surface area (Å²) in [5.74, 6) is -0.168. The van der Waals surface area contributed by atoms with Crippen LogP contribution >= 0.6 is 15.9 Å². The van der Waals surface area contributed by atoms with Crippen LogP contribution in [0.1, 0.15) is 12.0 Å². The highest BCUT2D eigenvalue weighted by Gasteiger charge is 2.32. The molecule has 1 saturated heterocycles. The average Bonchev–Trinajstić information content (AvgIpc) is 2.89.